The predicted molar refractivity (Wildman–Crippen MR) is 129 cm³/mol. The van der Waals surface area contributed by atoms with E-state index >= 15 is 0 Å². The van der Waals surface area contributed by atoms with E-state index in [1.807, 2.05) is 44.2 Å². The van der Waals surface area contributed by atoms with Gasteiger partial charge in [0.1, 0.15) is 12.4 Å². The normalized spacial score (nSPS) is 13.0. The molecular weight excluding hydrogens is 412 g/mol. The molecule has 1 amide bonds. The molecule has 168 valence electrons. The average molecular weight is 445 g/mol. The molecule has 2 aromatic rings. The van der Waals surface area contributed by atoms with Gasteiger partial charge in [-0.05, 0) is 37.0 Å². The molecular formula is C24H32N2O4S. The molecule has 0 aliphatic heterocycles. The number of ether oxygens (including phenoxy) is 3. The van der Waals surface area contributed by atoms with Crippen LogP contribution in [-0.2, 0) is 14.3 Å². The van der Waals surface area contributed by atoms with E-state index in [9.17, 15) is 4.79 Å². The van der Waals surface area contributed by atoms with E-state index in [0.29, 0.717) is 31.3 Å². The SMILES string of the molecule is C/C=C(\S/C=C\CC)c1cc(OCCOC)c2cc(NC(=O)C(C)COC)ccc2n1. The summed E-state index contributed by atoms with van der Waals surface area (Å²) in [7, 11) is 3.23. The van der Waals surface area contributed by atoms with Crippen LogP contribution in [0.1, 0.15) is 32.9 Å². The van der Waals surface area contributed by atoms with Gasteiger partial charge in [0.2, 0.25) is 5.91 Å². The Morgan fingerprint density at radius 1 is 1.23 bits per heavy atom. The lowest BCUT2D eigenvalue weighted by molar-refractivity contribution is -0.120. The molecule has 1 atom stereocenters. The topological polar surface area (TPSA) is 69.7 Å². The largest absolute Gasteiger partial charge is 0.490 e. The second-order valence-corrected chi connectivity index (χ2v) is 7.92. The molecule has 1 aromatic heterocycles. The first kappa shape index (κ1) is 24.9. The maximum absolute atomic E-state index is 12.4. The lowest BCUT2D eigenvalue weighted by Gasteiger charge is -2.15. The quantitative estimate of drug-likeness (QED) is 0.436. The van der Waals surface area contributed by atoms with Gasteiger partial charge in [0.05, 0.1) is 30.3 Å². The lowest BCUT2D eigenvalue weighted by atomic mass is 10.1. The number of nitrogens with one attached hydrogen (secondary N) is 1. The van der Waals surface area contributed by atoms with Crippen LogP contribution < -0.4 is 10.1 Å². The van der Waals surface area contributed by atoms with E-state index < -0.39 is 0 Å². The molecule has 0 aliphatic carbocycles. The Labute approximate surface area is 189 Å². The minimum Gasteiger partial charge on any atom is -0.490 e. The van der Waals surface area contributed by atoms with Gasteiger partial charge in [-0.25, -0.2) is 4.98 Å². The highest BCUT2D eigenvalue weighted by Gasteiger charge is 2.15. The Kier molecular flexibility index (Phi) is 10.6. The van der Waals surface area contributed by atoms with Gasteiger partial charge in [-0.15, -0.1) is 0 Å². The summed E-state index contributed by atoms with van der Waals surface area (Å²) >= 11 is 1.63. The van der Waals surface area contributed by atoms with Crippen LogP contribution in [0, 0.1) is 5.92 Å². The fourth-order valence-electron chi connectivity index (χ4n) is 2.84. The predicted octanol–water partition coefficient (Wildman–Crippen LogP) is 5.50. The zero-order valence-corrected chi connectivity index (χ0v) is 19.8. The molecule has 31 heavy (non-hydrogen) atoms. The molecule has 0 aliphatic rings. The third kappa shape index (κ3) is 7.38. The van der Waals surface area contributed by atoms with E-state index in [1.165, 1.54) is 0 Å². The monoisotopic (exact) mass is 444 g/mol. The number of carbonyl (C=O) groups excluding carboxylic acids is 1. The number of amides is 1. The van der Waals surface area contributed by atoms with Gasteiger partial charge in [0, 0.05) is 36.3 Å². The Balaban J connectivity index is 2.41. The fraction of sp³-hybridized carbons (Fsp3) is 0.417. The number of fused-ring (bicyclic) bond motifs is 1. The van der Waals surface area contributed by atoms with Gasteiger partial charge in [-0.3, -0.25) is 4.79 Å². The number of benzene rings is 1. The minimum absolute atomic E-state index is 0.0945. The summed E-state index contributed by atoms with van der Waals surface area (Å²) in [4.78, 5) is 18.3. The third-order valence-electron chi connectivity index (χ3n) is 4.49. The smallest absolute Gasteiger partial charge is 0.229 e. The highest BCUT2D eigenvalue weighted by molar-refractivity contribution is 8.10. The number of nitrogens with zero attached hydrogens (tertiary/aromatic N) is 1. The first-order valence-electron chi connectivity index (χ1n) is 10.4. The van der Waals surface area contributed by atoms with E-state index in [4.69, 9.17) is 19.2 Å². The Hall–Kier alpha value is -2.35. The van der Waals surface area contributed by atoms with Crippen LogP contribution in [0.5, 0.6) is 5.75 Å². The number of thioether (sulfide) groups is 1. The maximum atomic E-state index is 12.4. The highest BCUT2D eigenvalue weighted by Crippen LogP contribution is 2.34. The Morgan fingerprint density at radius 3 is 2.71 bits per heavy atom. The molecule has 1 aromatic carbocycles. The number of hydrogen-bond donors (Lipinski definition) is 1. The van der Waals surface area contributed by atoms with Crippen LogP contribution in [0.4, 0.5) is 5.69 Å². The minimum atomic E-state index is -0.246. The van der Waals surface area contributed by atoms with Crippen LogP contribution in [0.3, 0.4) is 0 Å². The van der Waals surface area contributed by atoms with E-state index in [2.05, 4.69) is 23.7 Å². The van der Waals surface area contributed by atoms with Crippen molar-refractivity contribution in [3.05, 3.63) is 47.5 Å². The average Bonchev–Trinajstić information content (AvgIpc) is 2.77. The van der Waals surface area contributed by atoms with Gasteiger partial charge in [-0.2, -0.15) is 0 Å². The second kappa shape index (κ2) is 13.1. The van der Waals surface area contributed by atoms with Crippen LogP contribution in [0.2, 0.25) is 0 Å². The Bertz CT molecular complexity index is 927. The van der Waals surface area contributed by atoms with Gasteiger partial charge in [0.25, 0.3) is 0 Å². The van der Waals surface area contributed by atoms with Crippen LogP contribution >= 0.6 is 11.8 Å². The summed E-state index contributed by atoms with van der Waals surface area (Å²) in [6, 6.07) is 7.60. The number of carbonyl (C=O) groups is 1. The molecule has 0 fully saturated rings. The van der Waals surface area contributed by atoms with Crippen molar-refractivity contribution in [1.82, 2.24) is 4.98 Å². The van der Waals surface area contributed by atoms with E-state index in [-0.39, 0.29) is 11.8 Å². The summed E-state index contributed by atoms with van der Waals surface area (Å²) in [5.41, 5.74) is 2.34. The first-order valence-corrected chi connectivity index (χ1v) is 11.3. The summed E-state index contributed by atoms with van der Waals surface area (Å²) in [6.07, 6.45) is 5.15. The van der Waals surface area contributed by atoms with Gasteiger partial charge >= 0.3 is 0 Å². The molecule has 6 nitrogen and oxygen atoms in total. The molecule has 1 N–H and O–H groups in total. The molecule has 0 spiro atoms. The van der Waals surface area contributed by atoms with E-state index in [0.717, 1.165) is 27.9 Å². The molecule has 1 unspecified atom stereocenters. The molecule has 1 heterocycles. The number of methoxy groups -OCH3 is 2. The van der Waals surface area contributed by atoms with Crippen LogP contribution in [-0.4, -0.2) is 44.9 Å². The fourth-order valence-corrected chi connectivity index (χ4v) is 3.63. The highest BCUT2D eigenvalue weighted by atomic mass is 32.2. The van der Waals surface area contributed by atoms with Crippen molar-refractivity contribution in [2.24, 2.45) is 5.92 Å². The number of anilines is 1. The number of rotatable bonds is 12. The van der Waals surface area contributed by atoms with Crippen molar-refractivity contribution >= 4 is 39.2 Å². The summed E-state index contributed by atoms with van der Waals surface area (Å²) in [6.45, 7) is 7.20. The zero-order chi connectivity index (χ0) is 22.6. The van der Waals surface area contributed by atoms with Crippen molar-refractivity contribution in [2.75, 3.05) is 39.4 Å². The van der Waals surface area contributed by atoms with Gasteiger partial charge < -0.3 is 19.5 Å². The van der Waals surface area contributed by atoms with Gasteiger partial charge in [0.15, 0.2) is 0 Å². The molecule has 2 rings (SSSR count). The number of aromatic nitrogens is 1. The van der Waals surface area contributed by atoms with Crippen molar-refractivity contribution in [2.45, 2.75) is 27.2 Å². The van der Waals surface area contributed by atoms with Crippen LogP contribution in [0.15, 0.2) is 41.8 Å². The third-order valence-corrected chi connectivity index (χ3v) is 5.52. The van der Waals surface area contributed by atoms with Crippen molar-refractivity contribution in [1.29, 1.82) is 0 Å². The molecule has 0 saturated carbocycles. The molecule has 0 radical (unpaired) electrons. The maximum Gasteiger partial charge on any atom is 0.229 e. The number of hydrogen-bond acceptors (Lipinski definition) is 6. The van der Waals surface area contributed by atoms with Crippen molar-refractivity contribution in [3.63, 3.8) is 0 Å². The lowest BCUT2D eigenvalue weighted by Crippen LogP contribution is -2.23. The van der Waals surface area contributed by atoms with Crippen molar-refractivity contribution < 1.29 is 19.0 Å². The molecule has 0 saturated heterocycles. The summed E-state index contributed by atoms with van der Waals surface area (Å²) < 4.78 is 16.2. The van der Waals surface area contributed by atoms with Gasteiger partial charge in [-0.1, -0.05) is 37.8 Å². The molecule has 7 heteroatoms. The van der Waals surface area contributed by atoms with Crippen LogP contribution in [0.25, 0.3) is 15.8 Å². The number of pyridine rings is 1. The van der Waals surface area contributed by atoms with Crippen molar-refractivity contribution in [3.8, 4) is 5.75 Å². The van der Waals surface area contributed by atoms with E-state index in [1.54, 1.807) is 26.0 Å². The zero-order valence-electron chi connectivity index (χ0n) is 18.9. The standard InChI is InChI=1S/C24H32N2O4S/c1-6-8-13-31-23(7-2)21-15-22(30-12-11-28-4)19-14-18(9-10-20(19)26-21)25-24(27)17(3)16-29-5/h7-10,13-15,17H,6,11-12,16H2,1-5H3,(H,25,27)/b13-8-,23-7-. The Morgan fingerprint density at radius 2 is 2.03 bits per heavy atom. The first-order chi connectivity index (χ1) is 15.0. The molecule has 0 bridgehead atoms. The number of allylic oxidation sites excluding steroid dienone is 2. The summed E-state index contributed by atoms with van der Waals surface area (Å²) in [5.74, 6) is 0.365. The summed E-state index contributed by atoms with van der Waals surface area (Å²) in [5, 5.41) is 5.86. The second-order valence-electron chi connectivity index (χ2n) is 6.98.